The minimum absolute atomic E-state index is 0.164. The number of halogens is 1. The van der Waals surface area contributed by atoms with Crippen LogP contribution in [-0.4, -0.2) is 26.4 Å². The van der Waals surface area contributed by atoms with Crippen LogP contribution in [0.4, 0.5) is 5.00 Å². The molecule has 2 heterocycles. The molecule has 0 radical (unpaired) electrons. The number of aromatic nitrogens is 3. The Morgan fingerprint density at radius 2 is 2.03 bits per heavy atom. The van der Waals surface area contributed by atoms with Crippen molar-refractivity contribution in [1.82, 2.24) is 14.8 Å². The number of nitrogens with zero attached hydrogens (tertiary/aromatic N) is 4. The zero-order valence-electron chi connectivity index (χ0n) is 18.7. The second kappa shape index (κ2) is 10.2. The average Bonchev–Trinajstić information content (AvgIpc) is 3.33. The molecule has 0 saturated heterocycles. The number of nitriles is 1. The van der Waals surface area contributed by atoms with Crippen LogP contribution in [-0.2, 0) is 31.3 Å². The molecular formula is C23H24ClN5O2S2. The molecule has 2 aromatic heterocycles. The molecule has 0 unspecified atom stereocenters. The summed E-state index contributed by atoms with van der Waals surface area (Å²) in [5.41, 5.74) is 3.65. The maximum Gasteiger partial charge on any atom is 0.235 e. The number of carbonyl (C=O) groups is 1. The molecule has 1 aliphatic rings. The molecule has 172 valence electrons. The number of benzene rings is 1. The van der Waals surface area contributed by atoms with Gasteiger partial charge in [-0.1, -0.05) is 23.4 Å². The summed E-state index contributed by atoms with van der Waals surface area (Å²) in [5, 5.41) is 22.9. The summed E-state index contributed by atoms with van der Waals surface area (Å²) >= 11 is 9.04. The minimum atomic E-state index is -0.164. The zero-order valence-corrected chi connectivity index (χ0v) is 21.1. The van der Waals surface area contributed by atoms with Gasteiger partial charge in [0.25, 0.3) is 0 Å². The number of anilines is 1. The third kappa shape index (κ3) is 5.18. The number of amides is 1. The van der Waals surface area contributed by atoms with E-state index in [0.29, 0.717) is 21.5 Å². The summed E-state index contributed by atoms with van der Waals surface area (Å²) in [7, 11) is 1.85. The molecular weight excluding hydrogens is 478 g/mol. The standard InChI is InChI=1S/C23H24ClN5O2S2/c1-13-8-15(9-14(2)21(13)24)31-11-19-27-28-23(29(19)3)32-12-20(30)26-22-17(10-25)16-6-4-5-7-18(16)33-22/h8-9H,4-7,11-12H2,1-3H3,(H,26,30). The van der Waals surface area contributed by atoms with Crippen LogP contribution in [0.1, 0.15) is 45.8 Å². The normalized spacial score (nSPS) is 12.8. The third-order valence-corrected chi connectivity index (χ3v) is 8.40. The molecule has 1 aliphatic carbocycles. The Kier molecular flexibility index (Phi) is 7.27. The Morgan fingerprint density at radius 3 is 2.76 bits per heavy atom. The number of aryl methyl sites for hydroxylation is 3. The molecule has 1 N–H and O–H groups in total. The molecule has 10 heteroatoms. The van der Waals surface area contributed by atoms with Crippen molar-refractivity contribution in [3.05, 3.63) is 50.1 Å². The van der Waals surface area contributed by atoms with Gasteiger partial charge in [0, 0.05) is 16.9 Å². The number of nitrogens with one attached hydrogen (secondary N) is 1. The van der Waals surface area contributed by atoms with E-state index >= 15 is 0 Å². The van der Waals surface area contributed by atoms with Gasteiger partial charge >= 0.3 is 0 Å². The van der Waals surface area contributed by atoms with Gasteiger partial charge in [0.1, 0.15) is 23.4 Å². The lowest BCUT2D eigenvalue weighted by Gasteiger charge is -2.10. The number of fused-ring (bicyclic) bond motifs is 1. The summed E-state index contributed by atoms with van der Waals surface area (Å²) in [6.07, 6.45) is 4.13. The molecule has 0 aliphatic heterocycles. The first-order valence-electron chi connectivity index (χ1n) is 10.6. The van der Waals surface area contributed by atoms with Gasteiger partial charge in [-0.3, -0.25) is 4.79 Å². The largest absolute Gasteiger partial charge is 0.486 e. The molecule has 0 saturated carbocycles. The fourth-order valence-corrected chi connectivity index (χ4v) is 5.89. The van der Waals surface area contributed by atoms with Crippen LogP contribution in [0, 0.1) is 25.2 Å². The van der Waals surface area contributed by atoms with Crippen molar-refractivity contribution in [3.8, 4) is 11.8 Å². The SMILES string of the molecule is Cc1cc(OCc2nnc(SCC(=O)Nc3sc4c(c3C#N)CCCC4)n2C)cc(C)c1Cl. The highest BCUT2D eigenvalue weighted by atomic mass is 35.5. The molecule has 0 atom stereocenters. The Hall–Kier alpha value is -2.54. The smallest absolute Gasteiger partial charge is 0.235 e. The lowest BCUT2D eigenvalue weighted by molar-refractivity contribution is -0.113. The van der Waals surface area contributed by atoms with Crippen molar-refractivity contribution in [2.45, 2.75) is 51.3 Å². The van der Waals surface area contributed by atoms with Crippen molar-refractivity contribution >= 4 is 45.6 Å². The zero-order chi connectivity index (χ0) is 23.5. The number of hydrogen-bond acceptors (Lipinski definition) is 7. The van der Waals surface area contributed by atoms with Crippen LogP contribution >= 0.6 is 34.7 Å². The first-order chi connectivity index (χ1) is 15.9. The Labute approximate surface area is 206 Å². The minimum Gasteiger partial charge on any atom is -0.486 e. The van der Waals surface area contributed by atoms with Crippen molar-refractivity contribution in [2.75, 3.05) is 11.1 Å². The third-order valence-electron chi connectivity index (χ3n) is 5.57. The van der Waals surface area contributed by atoms with Crippen LogP contribution in [0.2, 0.25) is 5.02 Å². The Balaban J connectivity index is 1.35. The van der Waals surface area contributed by atoms with Crippen LogP contribution in [0.15, 0.2) is 17.3 Å². The van der Waals surface area contributed by atoms with Gasteiger partial charge in [-0.2, -0.15) is 5.26 Å². The molecule has 7 nitrogen and oxygen atoms in total. The molecule has 0 spiro atoms. The van der Waals surface area contributed by atoms with Crippen LogP contribution in [0.25, 0.3) is 0 Å². The van der Waals surface area contributed by atoms with Crippen molar-refractivity contribution in [1.29, 1.82) is 5.26 Å². The van der Waals surface area contributed by atoms with Crippen molar-refractivity contribution < 1.29 is 9.53 Å². The molecule has 1 aromatic carbocycles. The number of rotatable bonds is 7. The van der Waals surface area contributed by atoms with Gasteiger partial charge in [0.05, 0.1) is 11.3 Å². The summed E-state index contributed by atoms with van der Waals surface area (Å²) in [4.78, 5) is 13.8. The summed E-state index contributed by atoms with van der Waals surface area (Å²) < 4.78 is 7.69. The van der Waals surface area contributed by atoms with Crippen LogP contribution in [0.5, 0.6) is 5.75 Å². The second-order valence-corrected chi connectivity index (χ2v) is 10.4. The van der Waals surface area contributed by atoms with Gasteiger partial charge < -0.3 is 14.6 Å². The number of carbonyl (C=O) groups excluding carboxylic acids is 1. The quantitative estimate of drug-likeness (QED) is 0.447. The highest BCUT2D eigenvalue weighted by Crippen LogP contribution is 2.37. The van der Waals surface area contributed by atoms with E-state index in [0.717, 1.165) is 53.1 Å². The molecule has 0 fully saturated rings. The fourth-order valence-electron chi connectivity index (χ4n) is 3.80. The van der Waals surface area contributed by atoms with E-state index in [1.807, 2.05) is 37.6 Å². The number of thioether (sulfide) groups is 1. The second-order valence-electron chi connectivity index (χ2n) is 7.98. The monoisotopic (exact) mass is 501 g/mol. The van der Waals surface area contributed by atoms with Gasteiger partial charge in [0.15, 0.2) is 11.0 Å². The highest BCUT2D eigenvalue weighted by Gasteiger charge is 2.22. The molecule has 33 heavy (non-hydrogen) atoms. The Morgan fingerprint density at radius 1 is 1.30 bits per heavy atom. The van der Waals surface area contributed by atoms with E-state index in [9.17, 15) is 10.1 Å². The predicted octanol–water partition coefficient (Wildman–Crippen LogP) is 5.21. The predicted molar refractivity (Wildman–Crippen MR) is 131 cm³/mol. The number of hydrogen-bond donors (Lipinski definition) is 1. The van der Waals surface area contributed by atoms with Gasteiger partial charge in [0.2, 0.25) is 5.91 Å². The topological polar surface area (TPSA) is 92.8 Å². The lowest BCUT2D eigenvalue weighted by Crippen LogP contribution is -2.14. The van der Waals surface area contributed by atoms with Gasteiger partial charge in [-0.15, -0.1) is 21.5 Å². The van der Waals surface area contributed by atoms with E-state index in [4.69, 9.17) is 16.3 Å². The summed E-state index contributed by atoms with van der Waals surface area (Å²) in [6.45, 7) is 4.13. The number of thiophene rings is 1. The van der Waals surface area contributed by atoms with E-state index in [1.54, 1.807) is 0 Å². The van der Waals surface area contributed by atoms with Crippen LogP contribution < -0.4 is 10.1 Å². The molecule has 3 aromatic rings. The maximum absolute atomic E-state index is 12.6. The molecule has 4 rings (SSSR count). The van der Waals surface area contributed by atoms with E-state index < -0.39 is 0 Å². The first kappa shape index (κ1) is 23.6. The van der Waals surface area contributed by atoms with Gasteiger partial charge in [-0.05, 0) is 68.4 Å². The molecule has 0 bridgehead atoms. The number of ether oxygens (including phenoxy) is 1. The van der Waals surface area contributed by atoms with E-state index in [1.165, 1.54) is 28.0 Å². The van der Waals surface area contributed by atoms with Crippen molar-refractivity contribution in [3.63, 3.8) is 0 Å². The van der Waals surface area contributed by atoms with Gasteiger partial charge in [-0.25, -0.2) is 0 Å². The fraction of sp³-hybridized carbons (Fsp3) is 0.391. The highest BCUT2D eigenvalue weighted by molar-refractivity contribution is 7.99. The maximum atomic E-state index is 12.6. The Bertz CT molecular complexity index is 1220. The van der Waals surface area contributed by atoms with Crippen LogP contribution in [0.3, 0.4) is 0 Å². The lowest BCUT2D eigenvalue weighted by atomic mass is 9.96. The van der Waals surface area contributed by atoms with E-state index in [2.05, 4.69) is 21.6 Å². The van der Waals surface area contributed by atoms with Crippen molar-refractivity contribution in [2.24, 2.45) is 7.05 Å². The molecule has 1 amide bonds. The van der Waals surface area contributed by atoms with E-state index in [-0.39, 0.29) is 18.3 Å². The summed E-state index contributed by atoms with van der Waals surface area (Å²) in [6, 6.07) is 6.06. The first-order valence-corrected chi connectivity index (χ1v) is 12.8. The average molecular weight is 502 g/mol. The summed E-state index contributed by atoms with van der Waals surface area (Å²) in [5.74, 6) is 1.39.